The van der Waals surface area contributed by atoms with Crippen molar-refractivity contribution in [2.45, 2.75) is 17.3 Å². The summed E-state index contributed by atoms with van der Waals surface area (Å²) in [6.07, 6.45) is 2.62. The van der Waals surface area contributed by atoms with Crippen molar-refractivity contribution < 1.29 is 4.79 Å². The number of rotatable bonds is 4. The Bertz CT molecular complexity index is 549. The molecule has 0 atom stereocenters. The number of benzene rings is 1. The van der Waals surface area contributed by atoms with E-state index in [0.717, 1.165) is 36.0 Å². The minimum Gasteiger partial charge on any atom is -0.339 e. The first-order valence-electron chi connectivity index (χ1n) is 6.19. The number of thioether (sulfide) groups is 1. The molecule has 0 unspecified atom stereocenters. The van der Waals surface area contributed by atoms with Crippen LogP contribution in [0.4, 0.5) is 0 Å². The summed E-state index contributed by atoms with van der Waals surface area (Å²) < 4.78 is 0. The van der Waals surface area contributed by atoms with E-state index in [4.69, 9.17) is 0 Å². The fourth-order valence-corrected chi connectivity index (χ4v) is 2.60. The summed E-state index contributed by atoms with van der Waals surface area (Å²) in [4.78, 5) is 17.9. The van der Waals surface area contributed by atoms with Gasteiger partial charge in [-0.05, 0) is 24.1 Å². The minimum atomic E-state index is 0.140. The molecule has 2 aromatic rings. The number of aromatic amines is 1. The third kappa shape index (κ3) is 2.78. The smallest absolute Gasteiger partial charge is 0.253 e. The number of carbonyl (C=O) groups excluding carboxylic acids is 1. The van der Waals surface area contributed by atoms with E-state index in [1.807, 2.05) is 29.2 Å². The maximum absolute atomic E-state index is 12.0. The molecule has 19 heavy (non-hydrogen) atoms. The predicted octanol–water partition coefficient (Wildman–Crippen LogP) is 1.94. The average molecular weight is 274 g/mol. The number of carbonyl (C=O) groups is 1. The second-order valence-corrected chi connectivity index (χ2v) is 5.39. The first-order valence-corrected chi connectivity index (χ1v) is 7.18. The lowest BCUT2D eigenvalue weighted by Gasteiger charge is -2.30. The number of hydrogen-bond acceptors (Lipinski definition) is 4. The molecule has 98 valence electrons. The summed E-state index contributed by atoms with van der Waals surface area (Å²) in [6, 6.07) is 7.79. The molecule has 1 amide bonds. The van der Waals surface area contributed by atoms with E-state index in [1.54, 1.807) is 11.8 Å². The first kappa shape index (κ1) is 12.2. The van der Waals surface area contributed by atoms with Gasteiger partial charge >= 0.3 is 0 Å². The van der Waals surface area contributed by atoms with Crippen molar-refractivity contribution in [1.29, 1.82) is 0 Å². The SMILES string of the molecule is O=C(c1ccc(CSc2ncn[nH]2)cc1)N1CCC1. The van der Waals surface area contributed by atoms with Crippen molar-refractivity contribution in [2.24, 2.45) is 0 Å². The highest BCUT2D eigenvalue weighted by Gasteiger charge is 2.21. The quantitative estimate of drug-likeness (QED) is 0.866. The number of nitrogens with zero attached hydrogens (tertiary/aromatic N) is 3. The summed E-state index contributed by atoms with van der Waals surface area (Å²) >= 11 is 1.59. The van der Waals surface area contributed by atoms with Crippen molar-refractivity contribution in [3.63, 3.8) is 0 Å². The van der Waals surface area contributed by atoms with Gasteiger partial charge in [-0.3, -0.25) is 9.89 Å². The molecule has 0 spiro atoms. The summed E-state index contributed by atoms with van der Waals surface area (Å²) in [5.74, 6) is 0.952. The Labute approximate surface area is 115 Å². The monoisotopic (exact) mass is 274 g/mol. The van der Waals surface area contributed by atoms with Gasteiger partial charge in [0, 0.05) is 24.4 Å². The number of likely N-dealkylation sites (tertiary alicyclic amines) is 1. The van der Waals surface area contributed by atoms with Gasteiger partial charge in [-0.15, -0.1) is 0 Å². The number of H-pyrrole nitrogens is 1. The van der Waals surface area contributed by atoms with Gasteiger partial charge < -0.3 is 4.90 Å². The zero-order valence-electron chi connectivity index (χ0n) is 10.4. The van der Waals surface area contributed by atoms with Crippen LogP contribution in [0, 0.1) is 0 Å². The van der Waals surface area contributed by atoms with Crippen LogP contribution in [0.1, 0.15) is 22.3 Å². The second-order valence-electron chi connectivity index (χ2n) is 4.42. The van der Waals surface area contributed by atoms with Crippen LogP contribution in [0.15, 0.2) is 35.7 Å². The first-order chi connectivity index (χ1) is 9.33. The highest BCUT2D eigenvalue weighted by Crippen LogP contribution is 2.19. The Kier molecular flexibility index (Phi) is 3.50. The topological polar surface area (TPSA) is 61.9 Å². The maximum atomic E-state index is 12.0. The molecule has 1 aliphatic rings. The molecule has 1 saturated heterocycles. The van der Waals surface area contributed by atoms with Crippen LogP contribution in [0.5, 0.6) is 0 Å². The van der Waals surface area contributed by atoms with E-state index in [9.17, 15) is 4.79 Å². The van der Waals surface area contributed by atoms with Gasteiger partial charge in [0.2, 0.25) is 0 Å². The standard InChI is InChI=1S/C13H14N4OS/c18-12(17-6-1-7-17)11-4-2-10(3-5-11)8-19-13-14-9-15-16-13/h2-5,9H,1,6-8H2,(H,14,15,16). The molecular formula is C13H14N4OS. The number of hydrogen-bond donors (Lipinski definition) is 1. The maximum Gasteiger partial charge on any atom is 0.253 e. The number of aromatic nitrogens is 3. The molecule has 1 aromatic carbocycles. The lowest BCUT2D eigenvalue weighted by atomic mass is 10.1. The van der Waals surface area contributed by atoms with E-state index >= 15 is 0 Å². The Hall–Kier alpha value is -1.82. The fraction of sp³-hybridized carbons (Fsp3) is 0.308. The number of amides is 1. The summed E-state index contributed by atoms with van der Waals surface area (Å²) in [5, 5.41) is 7.41. The lowest BCUT2D eigenvalue weighted by Crippen LogP contribution is -2.41. The molecule has 1 fully saturated rings. The molecule has 0 saturated carbocycles. The van der Waals surface area contributed by atoms with Crippen LogP contribution in [0.2, 0.25) is 0 Å². The molecule has 0 radical (unpaired) electrons. The van der Waals surface area contributed by atoms with E-state index in [-0.39, 0.29) is 5.91 Å². The highest BCUT2D eigenvalue weighted by molar-refractivity contribution is 7.98. The molecule has 1 aromatic heterocycles. The zero-order valence-corrected chi connectivity index (χ0v) is 11.2. The third-order valence-electron chi connectivity index (χ3n) is 3.11. The van der Waals surface area contributed by atoms with E-state index in [2.05, 4.69) is 15.2 Å². The van der Waals surface area contributed by atoms with E-state index in [0.29, 0.717) is 0 Å². The van der Waals surface area contributed by atoms with Crippen LogP contribution >= 0.6 is 11.8 Å². The fourth-order valence-electron chi connectivity index (χ4n) is 1.86. The summed E-state index contributed by atoms with van der Waals surface area (Å²) in [5.41, 5.74) is 1.94. The normalized spacial score (nSPS) is 14.2. The van der Waals surface area contributed by atoms with Gasteiger partial charge in [0.15, 0.2) is 5.16 Å². The lowest BCUT2D eigenvalue weighted by molar-refractivity contribution is 0.0652. The van der Waals surface area contributed by atoms with E-state index in [1.165, 1.54) is 11.9 Å². The van der Waals surface area contributed by atoms with Crippen molar-refractivity contribution in [3.05, 3.63) is 41.7 Å². The van der Waals surface area contributed by atoms with Gasteiger partial charge in [0.1, 0.15) is 6.33 Å². The van der Waals surface area contributed by atoms with E-state index < -0.39 is 0 Å². The molecule has 3 rings (SSSR count). The van der Waals surface area contributed by atoms with Crippen LogP contribution in [0.3, 0.4) is 0 Å². The average Bonchev–Trinajstić information content (AvgIpc) is 2.88. The van der Waals surface area contributed by atoms with Crippen molar-refractivity contribution in [3.8, 4) is 0 Å². The summed E-state index contributed by atoms with van der Waals surface area (Å²) in [6.45, 7) is 1.78. The number of nitrogens with one attached hydrogen (secondary N) is 1. The molecular weight excluding hydrogens is 260 g/mol. The van der Waals surface area contributed by atoms with Gasteiger partial charge in [0.05, 0.1) is 0 Å². The Balaban J connectivity index is 1.60. The Morgan fingerprint density at radius 3 is 2.68 bits per heavy atom. The molecule has 5 nitrogen and oxygen atoms in total. The van der Waals surface area contributed by atoms with Crippen molar-refractivity contribution in [2.75, 3.05) is 13.1 Å². The van der Waals surface area contributed by atoms with Gasteiger partial charge in [-0.1, -0.05) is 23.9 Å². The highest BCUT2D eigenvalue weighted by atomic mass is 32.2. The molecule has 6 heteroatoms. The largest absolute Gasteiger partial charge is 0.339 e. The Morgan fingerprint density at radius 2 is 2.11 bits per heavy atom. The molecule has 1 aliphatic heterocycles. The van der Waals surface area contributed by atoms with Crippen LogP contribution in [-0.4, -0.2) is 39.1 Å². The molecule has 2 heterocycles. The Morgan fingerprint density at radius 1 is 1.32 bits per heavy atom. The zero-order chi connectivity index (χ0) is 13.1. The molecule has 0 bridgehead atoms. The van der Waals surface area contributed by atoms with Gasteiger partial charge in [-0.25, -0.2) is 4.98 Å². The molecule has 1 N–H and O–H groups in total. The van der Waals surface area contributed by atoms with Crippen LogP contribution in [0.25, 0.3) is 0 Å². The predicted molar refractivity (Wildman–Crippen MR) is 72.9 cm³/mol. The second kappa shape index (κ2) is 5.44. The summed E-state index contributed by atoms with van der Waals surface area (Å²) in [7, 11) is 0. The van der Waals surface area contributed by atoms with Gasteiger partial charge in [0.25, 0.3) is 5.91 Å². The van der Waals surface area contributed by atoms with Crippen molar-refractivity contribution >= 4 is 17.7 Å². The minimum absolute atomic E-state index is 0.140. The van der Waals surface area contributed by atoms with Gasteiger partial charge in [-0.2, -0.15) is 5.10 Å². The van der Waals surface area contributed by atoms with Crippen molar-refractivity contribution in [1.82, 2.24) is 20.1 Å². The van der Waals surface area contributed by atoms with Crippen LogP contribution < -0.4 is 0 Å². The molecule has 0 aliphatic carbocycles. The van der Waals surface area contributed by atoms with Crippen LogP contribution in [-0.2, 0) is 5.75 Å². The third-order valence-corrected chi connectivity index (χ3v) is 4.06.